The van der Waals surface area contributed by atoms with E-state index in [1.165, 1.54) is 24.3 Å². The maximum atomic E-state index is 11.7. The molecule has 1 aromatic carbocycles. The zero-order chi connectivity index (χ0) is 13.7. The molecule has 0 aliphatic rings. The van der Waals surface area contributed by atoms with Crippen LogP contribution in [0.2, 0.25) is 0 Å². The number of hydrogen-bond donors (Lipinski definition) is 1. The Labute approximate surface area is 104 Å². The Morgan fingerprint density at radius 3 is 2.50 bits per heavy atom. The molecular formula is C12H14N2O4. The van der Waals surface area contributed by atoms with Gasteiger partial charge in [0.05, 0.1) is 11.5 Å². The van der Waals surface area contributed by atoms with Crippen LogP contribution in [-0.2, 0) is 4.79 Å². The molecular weight excluding hydrogens is 236 g/mol. The first-order valence-corrected chi connectivity index (χ1v) is 5.47. The summed E-state index contributed by atoms with van der Waals surface area (Å²) < 4.78 is 0. The summed E-state index contributed by atoms with van der Waals surface area (Å²) in [7, 11) is 0. The van der Waals surface area contributed by atoms with Crippen molar-refractivity contribution < 1.29 is 14.5 Å². The van der Waals surface area contributed by atoms with E-state index in [1.807, 2.05) is 0 Å². The number of carbonyl (C=O) groups is 2. The van der Waals surface area contributed by atoms with Crippen LogP contribution in [0.15, 0.2) is 24.3 Å². The number of Topliss-reactive ketones (excluding diaryl/α,β-unsaturated/α-hetero) is 1. The molecule has 0 unspecified atom stereocenters. The van der Waals surface area contributed by atoms with E-state index >= 15 is 0 Å². The predicted molar refractivity (Wildman–Crippen MR) is 65.3 cm³/mol. The third-order valence-corrected chi connectivity index (χ3v) is 2.41. The lowest BCUT2D eigenvalue weighted by atomic mass is 10.1. The minimum absolute atomic E-state index is 0.0425. The number of rotatable bonds is 5. The molecule has 0 spiro atoms. The fraction of sp³-hybridized carbons (Fsp3) is 0.333. The SMILES string of the molecule is CC(C)C(=O)CNC(=O)c1ccccc1[N+](=O)[O-]. The van der Waals surface area contributed by atoms with Gasteiger partial charge in [0.15, 0.2) is 5.78 Å². The summed E-state index contributed by atoms with van der Waals surface area (Å²) in [4.78, 5) is 33.2. The normalized spacial score (nSPS) is 10.2. The van der Waals surface area contributed by atoms with Gasteiger partial charge in [-0.2, -0.15) is 0 Å². The Morgan fingerprint density at radius 1 is 1.33 bits per heavy atom. The molecule has 0 aliphatic carbocycles. The summed E-state index contributed by atoms with van der Waals surface area (Å²) >= 11 is 0. The maximum absolute atomic E-state index is 11.7. The molecule has 1 aromatic rings. The highest BCUT2D eigenvalue weighted by atomic mass is 16.6. The molecule has 96 valence electrons. The van der Waals surface area contributed by atoms with E-state index in [4.69, 9.17) is 0 Å². The molecule has 0 radical (unpaired) electrons. The third kappa shape index (κ3) is 3.38. The molecule has 0 aliphatic heterocycles. The number of ketones is 1. The number of amides is 1. The van der Waals surface area contributed by atoms with Crippen molar-refractivity contribution in [3.8, 4) is 0 Å². The zero-order valence-electron chi connectivity index (χ0n) is 10.2. The standard InChI is InChI=1S/C12H14N2O4/c1-8(2)11(15)7-13-12(16)9-5-3-4-6-10(9)14(17)18/h3-6,8H,7H2,1-2H3,(H,13,16). The minimum atomic E-state index is -0.626. The molecule has 6 heteroatoms. The highest BCUT2D eigenvalue weighted by Gasteiger charge is 2.19. The van der Waals surface area contributed by atoms with Crippen molar-refractivity contribution in [1.29, 1.82) is 0 Å². The van der Waals surface area contributed by atoms with Crippen molar-refractivity contribution in [2.75, 3.05) is 6.54 Å². The molecule has 0 heterocycles. The van der Waals surface area contributed by atoms with E-state index in [0.29, 0.717) is 0 Å². The largest absolute Gasteiger partial charge is 0.345 e. The topological polar surface area (TPSA) is 89.3 Å². The Morgan fingerprint density at radius 2 is 1.94 bits per heavy atom. The first kappa shape index (κ1) is 13.8. The van der Waals surface area contributed by atoms with Crippen LogP contribution in [0, 0.1) is 16.0 Å². The Hall–Kier alpha value is -2.24. The van der Waals surface area contributed by atoms with Gasteiger partial charge < -0.3 is 5.32 Å². The number of nitro benzene ring substituents is 1. The average Bonchev–Trinajstić information content (AvgIpc) is 2.35. The fourth-order valence-electron chi connectivity index (χ4n) is 1.29. The highest BCUT2D eigenvalue weighted by molar-refractivity contribution is 6.00. The van der Waals surface area contributed by atoms with E-state index in [-0.39, 0.29) is 29.5 Å². The molecule has 0 fully saturated rings. The monoisotopic (exact) mass is 250 g/mol. The lowest BCUT2D eigenvalue weighted by Crippen LogP contribution is -2.31. The second-order valence-electron chi connectivity index (χ2n) is 4.08. The van der Waals surface area contributed by atoms with Crippen LogP contribution in [0.5, 0.6) is 0 Å². The lowest BCUT2D eigenvalue weighted by molar-refractivity contribution is -0.385. The van der Waals surface area contributed by atoms with Crippen LogP contribution in [-0.4, -0.2) is 23.2 Å². The highest BCUT2D eigenvalue weighted by Crippen LogP contribution is 2.17. The predicted octanol–water partition coefficient (Wildman–Crippen LogP) is 1.55. The number of nitro groups is 1. The van der Waals surface area contributed by atoms with Crippen LogP contribution < -0.4 is 5.32 Å². The molecule has 0 bridgehead atoms. The van der Waals surface area contributed by atoms with Crippen molar-refractivity contribution >= 4 is 17.4 Å². The van der Waals surface area contributed by atoms with Crippen LogP contribution >= 0.6 is 0 Å². The summed E-state index contributed by atoms with van der Waals surface area (Å²) in [6.07, 6.45) is 0. The first-order valence-electron chi connectivity index (χ1n) is 5.47. The van der Waals surface area contributed by atoms with Gasteiger partial charge in [-0.15, -0.1) is 0 Å². The number of carbonyl (C=O) groups excluding carboxylic acids is 2. The van der Waals surface area contributed by atoms with Crippen molar-refractivity contribution in [2.24, 2.45) is 5.92 Å². The molecule has 18 heavy (non-hydrogen) atoms. The van der Waals surface area contributed by atoms with Gasteiger partial charge in [-0.1, -0.05) is 26.0 Å². The molecule has 1 N–H and O–H groups in total. The van der Waals surface area contributed by atoms with Crippen molar-refractivity contribution in [3.05, 3.63) is 39.9 Å². The Bertz CT molecular complexity index is 483. The summed E-state index contributed by atoms with van der Waals surface area (Å²) in [5, 5.41) is 13.1. The van der Waals surface area contributed by atoms with Crippen molar-refractivity contribution in [2.45, 2.75) is 13.8 Å². The van der Waals surface area contributed by atoms with E-state index in [0.717, 1.165) is 0 Å². The van der Waals surface area contributed by atoms with E-state index < -0.39 is 10.8 Å². The molecule has 0 saturated heterocycles. The minimum Gasteiger partial charge on any atom is -0.345 e. The van der Waals surface area contributed by atoms with Gasteiger partial charge in [-0.3, -0.25) is 19.7 Å². The number of para-hydroxylation sites is 1. The summed E-state index contributed by atoms with van der Waals surface area (Å²) in [6, 6.07) is 5.62. The smallest absolute Gasteiger partial charge is 0.282 e. The molecule has 6 nitrogen and oxygen atoms in total. The van der Waals surface area contributed by atoms with Crippen LogP contribution in [0.4, 0.5) is 5.69 Å². The van der Waals surface area contributed by atoms with Crippen LogP contribution in [0.3, 0.4) is 0 Å². The summed E-state index contributed by atoms with van der Waals surface area (Å²) in [6.45, 7) is 3.32. The van der Waals surface area contributed by atoms with E-state index in [9.17, 15) is 19.7 Å². The van der Waals surface area contributed by atoms with Gasteiger partial charge in [0.25, 0.3) is 11.6 Å². The second-order valence-corrected chi connectivity index (χ2v) is 4.08. The van der Waals surface area contributed by atoms with Gasteiger partial charge in [0, 0.05) is 12.0 Å². The molecule has 1 rings (SSSR count). The van der Waals surface area contributed by atoms with E-state index in [2.05, 4.69) is 5.32 Å². The summed E-state index contributed by atoms with van der Waals surface area (Å²) in [5.74, 6) is -0.922. The number of benzene rings is 1. The second kappa shape index (κ2) is 5.90. The number of hydrogen-bond acceptors (Lipinski definition) is 4. The molecule has 0 atom stereocenters. The van der Waals surface area contributed by atoms with Gasteiger partial charge in [0.1, 0.15) is 5.56 Å². The number of nitrogens with zero attached hydrogens (tertiary/aromatic N) is 1. The van der Waals surface area contributed by atoms with Crippen molar-refractivity contribution in [1.82, 2.24) is 5.32 Å². The van der Waals surface area contributed by atoms with Gasteiger partial charge in [-0.05, 0) is 6.07 Å². The lowest BCUT2D eigenvalue weighted by Gasteiger charge is -2.06. The molecule has 0 saturated carbocycles. The maximum Gasteiger partial charge on any atom is 0.282 e. The molecule has 0 aromatic heterocycles. The van der Waals surface area contributed by atoms with E-state index in [1.54, 1.807) is 13.8 Å². The van der Waals surface area contributed by atoms with Gasteiger partial charge in [0.2, 0.25) is 0 Å². The first-order chi connectivity index (χ1) is 8.43. The van der Waals surface area contributed by atoms with Crippen molar-refractivity contribution in [3.63, 3.8) is 0 Å². The van der Waals surface area contributed by atoms with Gasteiger partial charge >= 0.3 is 0 Å². The number of nitrogens with one attached hydrogen (secondary N) is 1. The van der Waals surface area contributed by atoms with Crippen LogP contribution in [0.25, 0.3) is 0 Å². The van der Waals surface area contributed by atoms with Gasteiger partial charge in [-0.25, -0.2) is 0 Å². The Balaban J connectivity index is 2.79. The average molecular weight is 250 g/mol. The van der Waals surface area contributed by atoms with Crippen LogP contribution in [0.1, 0.15) is 24.2 Å². The third-order valence-electron chi connectivity index (χ3n) is 2.41. The zero-order valence-corrected chi connectivity index (χ0v) is 10.2. The summed E-state index contributed by atoms with van der Waals surface area (Å²) in [5.41, 5.74) is -0.314. The Kier molecular flexibility index (Phi) is 4.53. The quantitative estimate of drug-likeness (QED) is 0.634. The fourth-order valence-corrected chi connectivity index (χ4v) is 1.29. The molecule has 1 amide bonds.